The van der Waals surface area contributed by atoms with E-state index in [0.29, 0.717) is 19.4 Å². The number of hydrogen-bond donors (Lipinski definition) is 3. The minimum Gasteiger partial charge on any atom is -0.480 e. The molecule has 0 rings (SSSR count). The van der Waals surface area contributed by atoms with Crippen LogP contribution in [0, 0.1) is 0 Å². The zero-order valence-corrected chi connectivity index (χ0v) is 20.2. The topological polar surface area (TPSA) is 92.4 Å². The molecule has 0 aromatic rings. The van der Waals surface area contributed by atoms with Gasteiger partial charge in [-0.1, -0.05) is 89.7 Å². The Kier molecular flexibility index (Phi) is 22.3. The van der Waals surface area contributed by atoms with E-state index >= 15 is 0 Å². The average molecular weight is 439 g/mol. The number of carboxylic acid groups (broad SMARTS) is 1. The number of carbonyl (C=O) groups is 2. The second-order valence-electron chi connectivity index (χ2n) is 8.83. The van der Waals surface area contributed by atoms with Crippen LogP contribution in [-0.2, 0) is 9.59 Å². The summed E-state index contributed by atoms with van der Waals surface area (Å²) in [7, 11) is 0. The van der Waals surface area contributed by atoms with Crippen LogP contribution in [0.4, 0.5) is 0 Å². The molecule has 31 heavy (non-hydrogen) atoms. The van der Waals surface area contributed by atoms with Crippen molar-refractivity contribution in [2.45, 2.75) is 135 Å². The molecule has 0 aromatic carbocycles. The molecule has 182 valence electrons. The molecule has 5 nitrogen and oxygen atoms in total. The van der Waals surface area contributed by atoms with Crippen molar-refractivity contribution in [2.75, 3.05) is 6.54 Å². The predicted molar refractivity (Wildman–Crippen MR) is 131 cm³/mol. The Labute approximate surface area is 191 Å². The summed E-state index contributed by atoms with van der Waals surface area (Å²) in [4.78, 5) is 22.4. The van der Waals surface area contributed by atoms with E-state index in [9.17, 15) is 9.59 Å². The van der Waals surface area contributed by atoms with Gasteiger partial charge in [-0.3, -0.25) is 9.59 Å². The maximum absolute atomic E-state index is 11.8. The third kappa shape index (κ3) is 23.1. The summed E-state index contributed by atoms with van der Waals surface area (Å²) in [5.41, 5.74) is 5.45. The van der Waals surface area contributed by atoms with Gasteiger partial charge in [0.15, 0.2) is 0 Å². The van der Waals surface area contributed by atoms with Crippen molar-refractivity contribution in [1.82, 2.24) is 5.32 Å². The lowest BCUT2D eigenvalue weighted by Gasteiger charge is -2.07. The van der Waals surface area contributed by atoms with Gasteiger partial charge >= 0.3 is 5.97 Å². The molecule has 0 spiro atoms. The molecule has 1 amide bonds. The number of nitrogens with two attached hydrogens (primary N) is 1. The summed E-state index contributed by atoms with van der Waals surface area (Å²) in [6, 6.07) is -0.788. The number of allylic oxidation sites excluding steroid dienone is 2. The van der Waals surface area contributed by atoms with E-state index in [2.05, 4.69) is 24.4 Å². The van der Waals surface area contributed by atoms with Gasteiger partial charge in [-0.25, -0.2) is 0 Å². The van der Waals surface area contributed by atoms with E-state index in [0.717, 1.165) is 25.7 Å². The van der Waals surface area contributed by atoms with Crippen LogP contribution >= 0.6 is 0 Å². The highest BCUT2D eigenvalue weighted by atomic mass is 16.4. The molecule has 0 aromatic heterocycles. The molecule has 0 radical (unpaired) electrons. The highest BCUT2D eigenvalue weighted by Gasteiger charge is 2.10. The number of amides is 1. The first-order chi connectivity index (χ1) is 15.1. The summed E-state index contributed by atoms with van der Waals surface area (Å²) in [5.74, 6) is -0.847. The number of rotatable bonds is 23. The van der Waals surface area contributed by atoms with Gasteiger partial charge in [-0.05, 0) is 44.9 Å². The molecule has 0 aliphatic carbocycles. The van der Waals surface area contributed by atoms with Gasteiger partial charge in [0.25, 0.3) is 0 Å². The SMILES string of the molecule is CCC/C=C/CCCCCCCCCCCCCCC(=O)NCCCC[C@H](N)C(=O)O. The third-order valence-corrected chi connectivity index (χ3v) is 5.73. The standard InChI is InChI=1S/C26H50N2O3/c1-2-3-4-5-6-7-8-9-10-11-12-13-14-15-16-17-18-22-25(29)28-23-20-19-21-24(27)26(30)31/h4-5,24H,2-3,6-23,27H2,1H3,(H,28,29)(H,30,31)/b5-4+/t24-/m0/s1. The third-order valence-electron chi connectivity index (χ3n) is 5.73. The summed E-state index contributed by atoms with van der Waals surface area (Å²) < 4.78 is 0. The van der Waals surface area contributed by atoms with Crippen molar-refractivity contribution in [3.8, 4) is 0 Å². The van der Waals surface area contributed by atoms with Crippen LogP contribution in [0.1, 0.15) is 129 Å². The fraction of sp³-hybridized carbons (Fsp3) is 0.846. The lowest BCUT2D eigenvalue weighted by Crippen LogP contribution is -2.30. The van der Waals surface area contributed by atoms with E-state index in [1.54, 1.807) is 0 Å². The van der Waals surface area contributed by atoms with E-state index in [1.165, 1.54) is 83.5 Å². The molecule has 4 N–H and O–H groups in total. The smallest absolute Gasteiger partial charge is 0.320 e. The molecule has 0 heterocycles. The van der Waals surface area contributed by atoms with Gasteiger partial charge in [0.2, 0.25) is 5.91 Å². The molecular formula is C26H50N2O3. The fourth-order valence-electron chi connectivity index (χ4n) is 3.65. The van der Waals surface area contributed by atoms with Crippen LogP contribution < -0.4 is 11.1 Å². The minimum absolute atomic E-state index is 0.111. The molecule has 0 fully saturated rings. The lowest BCUT2D eigenvalue weighted by atomic mass is 10.0. The molecule has 0 saturated carbocycles. The van der Waals surface area contributed by atoms with Crippen molar-refractivity contribution in [3.63, 3.8) is 0 Å². The fourth-order valence-corrected chi connectivity index (χ4v) is 3.65. The first-order valence-electron chi connectivity index (χ1n) is 13.0. The molecule has 0 unspecified atom stereocenters. The largest absolute Gasteiger partial charge is 0.480 e. The normalized spacial score (nSPS) is 12.3. The zero-order valence-electron chi connectivity index (χ0n) is 20.2. The predicted octanol–water partition coefficient (Wildman–Crippen LogP) is 6.50. The Morgan fingerprint density at radius 3 is 1.84 bits per heavy atom. The van der Waals surface area contributed by atoms with Crippen molar-refractivity contribution in [1.29, 1.82) is 0 Å². The van der Waals surface area contributed by atoms with E-state index in [4.69, 9.17) is 10.8 Å². The maximum Gasteiger partial charge on any atom is 0.320 e. The minimum atomic E-state index is -0.958. The average Bonchev–Trinajstić information content (AvgIpc) is 2.75. The quantitative estimate of drug-likeness (QED) is 0.125. The van der Waals surface area contributed by atoms with Gasteiger partial charge < -0.3 is 16.2 Å². The number of carbonyl (C=O) groups excluding carboxylic acids is 1. The van der Waals surface area contributed by atoms with Crippen molar-refractivity contribution >= 4 is 11.9 Å². The maximum atomic E-state index is 11.8. The Hall–Kier alpha value is -1.36. The summed E-state index contributed by atoms with van der Waals surface area (Å²) in [6.07, 6.45) is 26.5. The number of carboxylic acids is 1. The Bertz CT molecular complexity index is 452. The zero-order chi connectivity index (χ0) is 23.0. The van der Waals surface area contributed by atoms with Crippen molar-refractivity contribution in [3.05, 3.63) is 12.2 Å². The first kappa shape index (κ1) is 29.6. The van der Waals surface area contributed by atoms with Crippen LogP contribution in [0.3, 0.4) is 0 Å². The van der Waals surface area contributed by atoms with E-state index in [-0.39, 0.29) is 5.91 Å². The van der Waals surface area contributed by atoms with Gasteiger partial charge in [0.1, 0.15) is 6.04 Å². The molecule has 0 aliphatic rings. The lowest BCUT2D eigenvalue weighted by molar-refractivity contribution is -0.138. The van der Waals surface area contributed by atoms with Crippen LogP contribution in [0.2, 0.25) is 0 Å². The van der Waals surface area contributed by atoms with E-state index in [1.807, 2.05) is 0 Å². The molecule has 0 bridgehead atoms. The Balaban J connectivity index is 3.22. The van der Waals surface area contributed by atoms with Gasteiger partial charge in [-0.15, -0.1) is 0 Å². The molecule has 0 aliphatic heterocycles. The van der Waals surface area contributed by atoms with Crippen LogP contribution in [0.25, 0.3) is 0 Å². The highest BCUT2D eigenvalue weighted by Crippen LogP contribution is 2.13. The Morgan fingerprint density at radius 1 is 0.774 bits per heavy atom. The van der Waals surface area contributed by atoms with E-state index < -0.39 is 12.0 Å². The molecule has 1 atom stereocenters. The van der Waals surface area contributed by atoms with Crippen LogP contribution in [0.5, 0.6) is 0 Å². The molecular weight excluding hydrogens is 388 g/mol. The monoisotopic (exact) mass is 438 g/mol. The number of aliphatic carboxylic acids is 1. The summed E-state index contributed by atoms with van der Waals surface area (Å²) >= 11 is 0. The Morgan fingerprint density at radius 2 is 1.29 bits per heavy atom. The van der Waals surface area contributed by atoms with Crippen molar-refractivity contribution < 1.29 is 14.7 Å². The van der Waals surface area contributed by atoms with Gasteiger partial charge in [0, 0.05) is 13.0 Å². The van der Waals surface area contributed by atoms with Crippen LogP contribution in [0.15, 0.2) is 12.2 Å². The second kappa shape index (κ2) is 23.3. The van der Waals surface area contributed by atoms with Crippen molar-refractivity contribution in [2.24, 2.45) is 5.73 Å². The summed E-state index contributed by atoms with van der Waals surface area (Å²) in [6.45, 7) is 2.84. The van der Waals surface area contributed by atoms with Gasteiger partial charge in [0.05, 0.1) is 0 Å². The second-order valence-corrected chi connectivity index (χ2v) is 8.83. The first-order valence-corrected chi connectivity index (χ1v) is 13.0. The molecule has 5 heteroatoms. The highest BCUT2D eigenvalue weighted by molar-refractivity contribution is 5.75. The number of nitrogens with one attached hydrogen (secondary N) is 1. The number of unbranched alkanes of at least 4 members (excludes halogenated alkanes) is 14. The molecule has 0 saturated heterocycles. The van der Waals surface area contributed by atoms with Gasteiger partial charge in [-0.2, -0.15) is 0 Å². The summed E-state index contributed by atoms with van der Waals surface area (Å²) in [5, 5.41) is 11.6. The van der Waals surface area contributed by atoms with Crippen LogP contribution in [-0.4, -0.2) is 29.6 Å². The number of hydrogen-bond acceptors (Lipinski definition) is 3.